The van der Waals surface area contributed by atoms with Crippen molar-refractivity contribution in [1.82, 2.24) is 0 Å². The molecule has 0 aromatic heterocycles. The van der Waals surface area contributed by atoms with Gasteiger partial charge in [0.2, 0.25) is 5.91 Å². The van der Waals surface area contributed by atoms with Gasteiger partial charge in [0.1, 0.15) is 0 Å². The molecule has 0 saturated heterocycles. The normalized spacial score (nSPS) is 15.9. The van der Waals surface area contributed by atoms with E-state index in [9.17, 15) is 13.8 Å². The maximum atomic E-state index is 12.6. The predicted molar refractivity (Wildman–Crippen MR) is 108 cm³/mol. The van der Waals surface area contributed by atoms with Crippen molar-refractivity contribution < 1.29 is 13.8 Å². The molecule has 2 amide bonds. The van der Waals surface area contributed by atoms with E-state index in [1.807, 2.05) is 18.2 Å². The molecular formula is C21H24N2O3S. The second-order valence-electron chi connectivity index (χ2n) is 6.88. The SMILES string of the molecule is NC(=O)c1cccc(C(=O)Nc2cccc(CS(=O)C3CCCCC3)c2)c1. The molecule has 1 fully saturated rings. The molecule has 27 heavy (non-hydrogen) atoms. The first kappa shape index (κ1) is 19.3. The van der Waals surface area contributed by atoms with Crippen molar-refractivity contribution in [2.75, 3.05) is 5.32 Å². The van der Waals surface area contributed by atoms with Gasteiger partial charge in [-0.3, -0.25) is 13.8 Å². The van der Waals surface area contributed by atoms with Crippen molar-refractivity contribution in [3.8, 4) is 0 Å². The lowest BCUT2D eigenvalue weighted by Crippen LogP contribution is -2.20. The number of hydrogen-bond donors (Lipinski definition) is 2. The molecule has 0 bridgehead atoms. The van der Waals surface area contributed by atoms with Crippen LogP contribution in [0.15, 0.2) is 48.5 Å². The summed E-state index contributed by atoms with van der Waals surface area (Å²) in [4.78, 5) is 23.7. The summed E-state index contributed by atoms with van der Waals surface area (Å²) in [5, 5.41) is 3.11. The molecule has 1 aliphatic rings. The molecule has 0 radical (unpaired) electrons. The zero-order chi connectivity index (χ0) is 19.2. The van der Waals surface area contributed by atoms with Crippen LogP contribution in [0.5, 0.6) is 0 Å². The third-order valence-corrected chi connectivity index (χ3v) is 6.66. The fraction of sp³-hybridized carbons (Fsp3) is 0.333. The minimum absolute atomic E-state index is 0.286. The molecule has 3 N–H and O–H groups in total. The van der Waals surface area contributed by atoms with Gasteiger partial charge in [-0.15, -0.1) is 0 Å². The monoisotopic (exact) mass is 384 g/mol. The van der Waals surface area contributed by atoms with E-state index < -0.39 is 16.7 Å². The molecule has 0 aliphatic heterocycles. The number of amides is 2. The van der Waals surface area contributed by atoms with Crippen LogP contribution in [0, 0.1) is 0 Å². The van der Waals surface area contributed by atoms with Crippen molar-refractivity contribution in [2.24, 2.45) is 5.73 Å². The average molecular weight is 385 g/mol. The highest BCUT2D eigenvalue weighted by Crippen LogP contribution is 2.24. The van der Waals surface area contributed by atoms with Crippen LogP contribution in [0.3, 0.4) is 0 Å². The predicted octanol–water partition coefficient (Wildman–Crippen LogP) is 3.62. The van der Waals surface area contributed by atoms with Gasteiger partial charge < -0.3 is 11.1 Å². The van der Waals surface area contributed by atoms with Gasteiger partial charge in [0.05, 0.1) is 0 Å². The molecule has 1 aliphatic carbocycles. The van der Waals surface area contributed by atoms with Gasteiger partial charge in [0.25, 0.3) is 5.91 Å². The quantitative estimate of drug-likeness (QED) is 0.797. The van der Waals surface area contributed by atoms with E-state index in [0.717, 1.165) is 31.2 Å². The minimum atomic E-state index is -0.887. The first-order chi connectivity index (χ1) is 13.0. The molecular weight excluding hydrogens is 360 g/mol. The van der Waals surface area contributed by atoms with Gasteiger partial charge >= 0.3 is 0 Å². The summed E-state index contributed by atoms with van der Waals surface area (Å²) in [6, 6.07) is 13.7. The second kappa shape index (κ2) is 8.95. The second-order valence-corrected chi connectivity index (χ2v) is 8.60. The van der Waals surface area contributed by atoms with Gasteiger partial charge in [0, 0.05) is 38.6 Å². The number of anilines is 1. The van der Waals surface area contributed by atoms with E-state index >= 15 is 0 Å². The van der Waals surface area contributed by atoms with Crippen molar-refractivity contribution in [2.45, 2.75) is 43.1 Å². The summed E-state index contributed by atoms with van der Waals surface area (Å²) < 4.78 is 12.6. The fourth-order valence-corrected chi connectivity index (χ4v) is 4.97. The number of rotatable bonds is 6. The van der Waals surface area contributed by atoms with E-state index in [-0.39, 0.29) is 11.2 Å². The summed E-state index contributed by atoms with van der Waals surface area (Å²) in [6.07, 6.45) is 5.65. The van der Waals surface area contributed by atoms with E-state index in [1.54, 1.807) is 24.3 Å². The Morgan fingerprint density at radius 1 is 1.00 bits per heavy atom. The van der Waals surface area contributed by atoms with Crippen molar-refractivity contribution in [3.05, 3.63) is 65.2 Å². The number of carbonyl (C=O) groups is 2. The molecule has 6 heteroatoms. The van der Waals surface area contributed by atoms with Crippen LogP contribution in [0.25, 0.3) is 0 Å². The van der Waals surface area contributed by atoms with Gasteiger partial charge in [0.15, 0.2) is 0 Å². The molecule has 1 unspecified atom stereocenters. The van der Waals surface area contributed by atoms with Gasteiger partial charge in [-0.2, -0.15) is 0 Å². The maximum absolute atomic E-state index is 12.6. The van der Waals surface area contributed by atoms with E-state index in [4.69, 9.17) is 5.73 Å². The van der Waals surface area contributed by atoms with E-state index in [1.165, 1.54) is 12.5 Å². The van der Waals surface area contributed by atoms with E-state index in [0.29, 0.717) is 22.6 Å². The van der Waals surface area contributed by atoms with Crippen LogP contribution in [-0.2, 0) is 16.6 Å². The summed E-state index contributed by atoms with van der Waals surface area (Å²) >= 11 is 0. The Labute approximate surface area is 161 Å². The fourth-order valence-electron chi connectivity index (χ4n) is 3.37. The number of primary amides is 1. The Balaban J connectivity index is 1.66. The number of carbonyl (C=O) groups excluding carboxylic acids is 2. The molecule has 3 rings (SSSR count). The number of nitrogens with one attached hydrogen (secondary N) is 1. The molecule has 142 valence electrons. The first-order valence-corrected chi connectivity index (χ1v) is 10.6. The van der Waals surface area contributed by atoms with Gasteiger partial charge in [-0.1, -0.05) is 37.5 Å². The Hall–Kier alpha value is -2.47. The third kappa shape index (κ3) is 5.26. The lowest BCUT2D eigenvalue weighted by molar-refractivity contribution is 0.1000. The Kier molecular flexibility index (Phi) is 6.40. The summed E-state index contributed by atoms with van der Waals surface area (Å²) in [5.74, 6) is -0.383. The van der Waals surface area contributed by atoms with Crippen LogP contribution in [0.4, 0.5) is 5.69 Å². The zero-order valence-electron chi connectivity index (χ0n) is 15.1. The number of benzene rings is 2. The summed E-state index contributed by atoms with van der Waals surface area (Å²) in [5.41, 5.74) is 7.51. The largest absolute Gasteiger partial charge is 0.366 e. The highest BCUT2D eigenvalue weighted by atomic mass is 32.2. The number of nitrogens with two attached hydrogens (primary N) is 1. The lowest BCUT2D eigenvalue weighted by atomic mass is 10.0. The van der Waals surface area contributed by atoms with Crippen molar-refractivity contribution in [1.29, 1.82) is 0 Å². The van der Waals surface area contributed by atoms with Gasteiger partial charge in [-0.25, -0.2) is 0 Å². The molecule has 0 spiro atoms. The lowest BCUT2D eigenvalue weighted by Gasteiger charge is -2.21. The van der Waals surface area contributed by atoms with Crippen LogP contribution < -0.4 is 11.1 Å². The molecule has 2 aromatic carbocycles. The maximum Gasteiger partial charge on any atom is 0.255 e. The topological polar surface area (TPSA) is 89.3 Å². The van der Waals surface area contributed by atoms with Crippen LogP contribution in [0.2, 0.25) is 0 Å². The van der Waals surface area contributed by atoms with Gasteiger partial charge in [-0.05, 0) is 48.7 Å². The summed E-state index contributed by atoms with van der Waals surface area (Å²) in [7, 11) is -0.887. The van der Waals surface area contributed by atoms with Crippen LogP contribution in [-0.4, -0.2) is 21.3 Å². The standard InChI is InChI=1S/C21H24N2O3S/c22-20(24)16-7-5-8-17(13-16)21(25)23-18-9-4-6-15(12-18)14-27(26)19-10-2-1-3-11-19/h4-9,12-13,19H,1-3,10-11,14H2,(H2,22,24)(H,23,25). The summed E-state index contributed by atoms with van der Waals surface area (Å²) in [6.45, 7) is 0. The molecule has 1 atom stereocenters. The van der Waals surface area contributed by atoms with Crippen molar-refractivity contribution >= 4 is 28.3 Å². The van der Waals surface area contributed by atoms with Crippen molar-refractivity contribution in [3.63, 3.8) is 0 Å². The molecule has 0 heterocycles. The van der Waals surface area contributed by atoms with E-state index in [2.05, 4.69) is 5.32 Å². The smallest absolute Gasteiger partial charge is 0.255 e. The minimum Gasteiger partial charge on any atom is -0.366 e. The first-order valence-electron chi connectivity index (χ1n) is 9.20. The van der Waals surface area contributed by atoms with Crippen LogP contribution in [0.1, 0.15) is 58.4 Å². The third-order valence-electron chi connectivity index (χ3n) is 4.83. The average Bonchev–Trinajstić information content (AvgIpc) is 2.69. The molecule has 2 aromatic rings. The number of hydrogen-bond acceptors (Lipinski definition) is 3. The molecule has 1 saturated carbocycles. The molecule has 5 nitrogen and oxygen atoms in total. The highest BCUT2D eigenvalue weighted by Gasteiger charge is 2.20. The highest BCUT2D eigenvalue weighted by molar-refractivity contribution is 7.84. The Morgan fingerprint density at radius 2 is 1.70 bits per heavy atom. The Morgan fingerprint density at radius 3 is 2.44 bits per heavy atom. The van der Waals surface area contributed by atoms with Crippen LogP contribution >= 0.6 is 0 Å². The zero-order valence-corrected chi connectivity index (χ0v) is 16.0. The Bertz CT molecular complexity index is 860.